The third kappa shape index (κ3) is 7.77. The molecule has 260 valence electrons. The van der Waals surface area contributed by atoms with Gasteiger partial charge in [-0.2, -0.15) is 0 Å². The zero-order valence-corrected chi connectivity index (χ0v) is 32.4. The molecule has 0 saturated carbocycles. The summed E-state index contributed by atoms with van der Waals surface area (Å²) in [5, 5.41) is 0.667. The van der Waals surface area contributed by atoms with Crippen LogP contribution in [-0.2, 0) is 16.2 Å². The number of para-hydroxylation sites is 1. The Labute approximate surface area is 311 Å². The highest BCUT2D eigenvalue weighted by Gasteiger charge is 2.25. The molecule has 0 aliphatic rings. The molecule has 0 radical (unpaired) electrons. The van der Waals surface area contributed by atoms with E-state index < -0.39 is 0 Å². The van der Waals surface area contributed by atoms with Gasteiger partial charge in [0.25, 0.3) is 0 Å². The van der Waals surface area contributed by atoms with Crippen molar-refractivity contribution in [1.29, 1.82) is 0 Å². The summed E-state index contributed by atoms with van der Waals surface area (Å²) in [7, 11) is 0. The fourth-order valence-electron chi connectivity index (χ4n) is 6.55. The smallest absolute Gasteiger partial charge is 0.0887 e. The van der Waals surface area contributed by atoms with Gasteiger partial charge in [0.05, 0.1) is 22.1 Å². The second-order valence-corrected chi connectivity index (χ2v) is 16.9. The topological polar surface area (TPSA) is 6.48 Å². The molecule has 0 saturated heterocycles. The lowest BCUT2D eigenvalue weighted by molar-refractivity contribution is 0.590. The Kier molecular flexibility index (Phi) is 9.95. The van der Waals surface area contributed by atoms with Gasteiger partial charge in [0, 0.05) is 22.6 Å². The van der Waals surface area contributed by atoms with Gasteiger partial charge in [-0.25, -0.2) is 0 Å². The summed E-state index contributed by atoms with van der Waals surface area (Å²) in [5.41, 5.74) is 12.3. The molecule has 6 rings (SSSR count). The minimum atomic E-state index is 0.0362. The molecule has 3 heteroatoms. The molecule has 2 nitrogen and oxygen atoms in total. The van der Waals surface area contributed by atoms with Crippen molar-refractivity contribution < 1.29 is 0 Å². The van der Waals surface area contributed by atoms with E-state index in [1.54, 1.807) is 0 Å². The van der Waals surface area contributed by atoms with Crippen LogP contribution in [0.3, 0.4) is 0 Å². The van der Waals surface area contributed by atoms with Gasteiger partial charge in [0.1, 0.15) is 0 Å². The standard InChI is InChI=1S/C48H51ClN2/c1-46(2,3)35-22-28-38(29-23-35)50(39-30-24-36(25-31-39)47(4,5)6)43-20-15-21-44(45(43)49)51(40-32-26-37(27-33-40)48(7,8)9)42-19-14-13-18-41(42)34-16-11-10-12-17-34/h10-33H,1-9H3. The third-order valence-electron chi connectivity index (χ3n) is 9.64. The van der Waals surface area contributed by atoms with Crippen LogP contribution < -0.4 is 9.80 Å². The summed E-state index contributed by atoms with van der Waals surface area (Å²) in [6.07, 6.45) is 0. The number of hydrogen-bond donors (Lipinski definition) is 0. The van der Waals surface area contributed by atoms with Crippen LogP contribution in [0.1, 0.15) is 79.0 Å². The highest BCUT2D eigenvalue weighted by Crippen LogP contribution is 2.49. The van der Waals surface area contributed by atoms with Crippen molar-refractivity contribution in [3.05, 3.63) is 167 Å². The fourth-order valence-corrected chi connectivity index (χ4v) is 6.85. The average Bonchev–Trinajstić information content (AvgIpc) is 3.10. The van der Waals surface area contributed by atoms with Gasteiger partial charge in [-0.15, -0.1) is 0 Å². The molecule has 0 aliphatic heterocycles. The van der Waals surface area contributed by atoms with Gasteiger partial charge < -0.3 is 9.80 Å². The van der Waals surface area contributed by atoms with Crippen molar-refractivity contribution in [2.45, 2.75) is 78.6 Å². The number of halogens is 1. The normalized spacial score (nSPS) is 12.1. The van der Waals surface area contributed by atoms with Gasteiger partial charge in [-0.05, 0) is 93.1 Å². The molecular formula is C48H51ClN2. The molecule has 0 unspecified atom stereocenters. The monoisotopic (exact) mass is 690 g/mol. The van der Waals surface area contributed by atoms with E-state index in [0.717, 1.165) is 45.3 Å². The first-order valence-electron chi connectivity index (χ1n) is 18.0. The first-order valence-corrected chi connectivity index (χ1v) is 18.4. The second kappa shape index (κ2) is 14.1. The first-order chi connectivity index (χ1) is 24.1. The van der Waals surface area contributed by atoms with Gasteiger partial charge in [0.2, 0.25) is 0 Å². The predicted molar refractivity (Wildman–Crippen MR) is 222 cm³/mol. The Balaban J connectivity index is 1.57. The van der Waals surface area contributed by atoms with Crippen molar-refractivity contribution in [1.82, 2.24) is 0 Å². The number of hydrogen-bond acceptors (Lipinski definition) is 2. The Morgan fingerprint density at radius 1 is 0.353 bits per heavy atom. The lowest BCUT2D eigenvalue weighted by Gasteiger charge is -2.32. The highest BCUT2D eigenvalue weighted by atomic mass is 35.5. The van der Waals surface area contributed by atoms with Crippen molar-refractivity contribution in [2.24, 2.45) is 0 Å². The molecule has 0 fully saturated rings. The molecule has 6 aromatic carbocycles. The third-order valence-corrected chi connectivity index (χ3v) is 10.0. The molecule has 0 bridgehead atoms. The van der Waals surface area contributed by atoms with E-state index in [0.29, 0.717) is 5.02 Å². The maximum Gasteiger partial charge on any atom is 0.0887 e. The zero-order valence-electron chi connectivity index (χ0n) is 31.6. The van der Waals surface area contributed by atoms with Crippen molar-refractivity contribution >= 4 is 45.7 Å². The first kappa shape index (κ1) is 36.0. The molecule has 0 aromatic heterocycles. The summed E-state index contributed by atoms with van der Waals surface area (Å²) < 4.78 is 0. The largest absolute Gasteiger partial charge is 0.309 e. The van der Waals surface area contributed by atoms with E-state index in [-0.39, 0.29) is 16.2 Å². The minimum absolute atomic E-state index is 0.0362. The summed E-state index contributed by atoms with van der Waals surface area (Å²) in [4.78, 5) is 4.60. The van der Waals surface area contributed by atoms with E-state index in [1.165, 1.54) is 16.7 Å². The van der Waals surface area contributed by atoms with Crippen LogP contribution in [-0.4, -0.2) is 0 Å². The zero-order chi connectivity index (χ0) is 36.6. The lowest BCUT2D eigenvalue weighted by Crippen LogP contribution is -2.16. The van der Waals surface area contributed by atoms with Crippen LogP contribution in [0.4, 0.5) is 34.1 Å². The van der Waals surface area contributed by atoms with Gasteiger partial charge in [-0.1, -0.05) is 165 Å². The van der Waals surface area contributed by atoms with E-state index in [1.807, 2.05) is 0 Å². The highest BCUT2D eigenvalue weighted by molar-refractivity contribution is 6.36. The minimum Gasteiger partial charge on any atom is -0.309 e. The fraction of sp³-hybridized carbons (Fsp3) is 0.250. The van der Waals surface area contributed by atoms with Crippen LogP contribution in [0, 0.1) is 0 Å². The molecule has 0 atom stereocenters. The van der Waals surface area contributed by atoms with Crippen LogP contribution in [0.25, 0.3) is 11.1 Å². The van der Waals surface area contributed by atoms with Crippen LogP contribution in [0.2, 0.25) is 5.02 Å². The number of nitrogens with zero attached hydrogens (tertiary/aromatic N) is 2. The predicted octanol–water partition coefficient (Wildman–Crippen LogP) is 14.8. The Hall–Kier alpha value is -4.79. The molecule has 51 heavy (non-hydrogen) atoms. The number of rotatable bonds is 7. The molecular weight excluding hydrogens is 640 g/mol. The van der Waals surface area contributed by atoms with Crippen molar-refractivity contribution in [3.63, 3.8) is 0 Å². The van der Waals surface area contributed by atoms with Gasteiger partial charge in [-0.3, -0.25) is 0 Å². The Bertz CT molecular complexity index is 2020. The maximum absolute atomic E-state index is 7.72. The molecule has 0 N–H and O–H groups in total. The quantitative estimate of drug-likeness (QED) is 0.164. The number of anilines is 6. The molecule has 0 heterocycles. The van der Waals surface area contributed by atoms with E-state index in [2.05, 4.69) is 218 Å². The molecule has 6 aromatic rings. The Morgan fingerprint density at radius 3 is 1.14 bits per heavy atom. The molecule has 0 aliphatic carbocycles. The maximum atomic E-state index is 7.72. The van der Waals surface area contributed by atoms with Crippen molar-refractivity contribution in [2.75, 3.05) is 9.80 Å². The van der Waals surface area contributed by atoms with Crippen LogP contribution in [0.15, 0.2) is 146 Å². The van der Waals surface area contributed by atoms with Crippen molar-refractivity contribution in [3.8, 4) is 11.1 Å². The van der Waals surface area contributed by atoms with E-state index >= 15 is 0 Å². The average molecular weight is 691 g/mol. The van der Waals surface area contributed by atoms with Crippen LogP contribution in [0.5, 0.6) is 0 Å². The summed E-state index contributed by atoms with van der Waals surface area (Å²) >= 11 is 7.72. The molecule has 0 spiro atoms. The van der Waals surface area contributed by atoms with Gasteiger partial charge >= 0.3 is 0 Å². The lowest BCUT2D eigenvalue weighted by atomic mass is 9.86. The van der Waals surface area contributed by atoms with E-state index in [9.17, 15) is 0 Å². The second-order valence-electron chi connectivity index (χ2n) is 16.6. The van der Waals surface area contributed by atoms with Gasteiger partial charge in [0.15, 0.2) is 0 Å². The summed E-state index contributed by atoms with van der Waals surface area (Å²) in [6, 6.07) is 52.3. The van der Waals surface area contributed by atoms with E-state index in [4.69, 9.17) is 11.6 Å². The SMILES string of the molecule is CC(C)(C)c1ccc(N(c2ccc(C(C)(C)C)cc2)c2cccc(N(c3ccc(C(C)(C)C)cc3)c3ccccc3-c3ccccc3)c2Cl)cc1. The number of benzene rings is 6. The Morgan fingerprint density at radius 2 is 0.706 bits per heavy atom. The van der Waals surface area contributed by atoms with Crippen LogP contribution >= 0.6 is 11.6 Å². The summed E-state index contributed by atoms with van der Waals surface area (Å²) in [6.45, 7) is 20.3. The summed E-state index contributed by atoms with van der Waals surface area (Å²) in [5.74, 6) is 0. The molecule has 0 amide bonds.